The maximum Gasteiger partial charge on any atom is 0.255 e. The number of carbonyl (C=O) groups excluding carboxylic acids is 1. The Balaban J connectivity index is 1.48. The zero-order valence-corrected chi connectivity index (χ0v) is 17.0. The maximum atomic E-state index is 12.7. The Hall–Kier alpha value is -4.19. The molecule has 1 heterocycles. The molecule has 6 heteroatoms. The Bertz CT molecular complexity index is 1250. The lowest BCUT2D eigenvalue weighted by Gasteiger charge is -2.09. The zero-order chi connectivity index (χ0) is 21.6. The number of benzene rings is 3. The summed E-state index contributed by atoms with van der Waals surface area (Å²) in [7, 11) is 0. The van der Waals surface area contributed by atoms with Crippen molar-refractivity contribution in [2.45, 2.75) is 13.3 Å². The van der Waals surface area contributed by atoms with Gasteiger partial charge in [0, 0.05) is 28.6 Å². The van der Waals surface area contributed by atoms with Crippen LogP contribution in [0.5, 0.6) is 11.5 Å². The van der Waals surface area contributed by atoms with E-state index in [4.69, 9.17) is 4.74 Å². The van der Waals surface area contributed by atoms with E-state index in [-0.39, 0.29) is 11.5 Å². The molecule has 1 aromatic heterocycles. The zero-order valence-electron chi connectivity index (χ0n) is 17.0. The number of aromatic nitrogens is 2. The van der Waals surface area contributed by atoms with Crippen molar-refractivity contribution in [2.75, 3.05) is 5.32 Å². The lowest BCUT2D eigenvalue weighted by atomic mass is 10.1. The molecule has 0 radical (unpaired) electrons. The first-order valence-corrected chi connectivity index (χ1v) is 9.96. The van der Waals surface area contributed by atoms with Crippen LogP contribution in [-0.4, -0.2) is 15.9 Å². The molecule has 0 saturated heterocycles. The maximum absolute atomic E-state index is 12.7. The summed E-state index contributed by atoms with van der Waals surface area (Å²) in [6.07, 6.45) is 0.664. The molecule has 0 spiro atoms. The number of H-pyrrole nitrogens is 1. The predicted molar refractivity (Wildman–Crippen MR) is 121 cm³/mol. The number of aromatic amines is 1. The topological polar surface area (TPSA) is 84.1 Å². The first-order chi connectivity index (χ1) is 15.1. The van der Waals surface area contributed by atoms with Gasteiger partial charge in [-0.25, -0.2) is 4.98 Å². The molecular formula is C25H21N3O3. The Morgan fingerprint density at radius 1 is 0.935 bits per heavy atom. The molecule has 0 aliphatic rings. The first kappa shape index (κ1) is 20.1. The van der Waals surface area contributed by atoms with Gasteiger partial charge in [0.2, 0.25) is 0 Å². The summed E-state index contributed by atoms with van der Waals surface area (Å²) >= 11 is 0. The summed E-state index contributed by atoms with van der Waals surface area (Å²) in [5.41, 5.74) is 2.35. The number of nitrogens with zero attached hydrogens (tertiary/aromatic N) is 1. The van der Waals surface area contributed by atoms with Gasteiger partial charge >= 0.3 is 0 Å². The van der Waals surface area contributed by atoms with Crippen LogP contribution in [-0.2, 0) is 6.42 Å². The third-order valence-corrected chi connectivity index (χ3v) is 4.65. The van der Waals surface area contributed by atoms with Gasteiger partial charge < -0.3 is 15.0 Å². The second kappa shape index (κ2) is 9.09. The number of ether oxygens (including phenoxy) is 1. The van der Waals surface area contributed by atoms with Crippen LogP contribution in [0.25, 0.3) is 11.4 Å². The van der Waals surface area contributed by atoms with Gasteiger partial charge in [-0.1, -0.05) is 37.3 Å². The van der Waals surface area contributed by atoms with Crippen molar-refractivity contribution in [3.63, 3.8) is 0 Å². The Kier molecular flexibility index (Phi) is 5.89. The molecular weight excluding hydrogens is 390 g/mol. The smallest absolute Gasteiger partial charge is 0.255 e. The van der Waals surface area contributed by atoms with Crippen LogP contribution in [0.3, 0.4) is 0 Å². The van der Waals surface area contributed by atoms with Gasteiger partial charge in [-0.05, 0) is 55.0 Å². The second-order valence-corrected chi connectivity index (χ2v) is 6.91. The van der Waals surface area contributed by atoms with Gasteiger partial charge in [0.1, 0.15) is 17.3 Å². The van der Waals surface area contributed by atoms with Crippen molar-refractivity contribution in [1.29, 1.82) is 0 Å². The first-order valence-electron chi connectivity index (χ1n) is 9.96. The highest BCUT2D eigenvalue weighted by Crippen LogP contribution is 2.22. The Morgan fingerprint density at radius 2 is 1.68 bits per heavy atom. The van der Waals surface area contributed by atoms with Crippen molar-refractivity contribution in [2.24, 2.45) is 0 Å². The summed E-state index contributed by atoms with van der Waals surface area (Å²) in [5.74, 6) is 1.61. The fraction of sp³-hybridized carbons (Fsp3) is 0.0800. The number of rotatable bonds is 6. The molecule has 1 amide bonds. The lowest BCUT2D eigenvalue weighted by Crippen LogP contribution is -2.12. The SMILES string of the molecule is CCc1cc(=O)[nH]c(-c2cccc(NC(=O)c3ccc(Oc4ccccc4)cc3)c2)n1. The van der Waals surface area contributed by atoms with E-state index in [2.05, 4.69) is 15.3 Å². The molecule has 2 N–H and O–H groups in total. The van der Waals surface area contributed by atoms with E-state index in [0.717, 1.165) is 11.3 Å². The average Bonchev–Trinajstić information content (AvgIpc) is 2.80. The van der Waals surface area contributed by atoms with Gasteiger partial charge in [0.25, 0.3) is 11.5 Å². The van der Waals surface area contributed by atoms with Gasteiger partial charge in [-0.15, -0.1) is 0 Å². The number of carbonyl (C=O) groups is 1. The molecule has 0 aliphatic carbocycles. The average molecular weight is 411 g/mol. The fourth-order valence-corrected chi connectivity index (χ4v) is 3.07. The quantitative estimate of drug-likeness (QED) is 0.465. The number of nitrogens with one attached hydrogen (secondary N) is 2. The minimum Gasteiger partial charge on any atom is -0.457 e. The minimum absolute atomic E-state index is 0.200. The van der Waals surface area contributed by atoms with E-state index in [1.54, 1.807) is 42.5 Å². The normalized spacial score (nSPS) is 10.5. The highest BCUT2D eigenvalue weighted by atomic mass is 16.5. The monoisotopic (exact) mass is 411 g/mol. The highest BCUT2D eigenvalue weighted by Gasteiger charge is 2.09. The highest BCUT2D eigenvalue weighted by molar-refractivity contribution is 6.04. The van der Waals surface area contributed by atoms with E-state index in [1.807, 2.05) is 43.3 Å². The molecule has 0 unspecified atom stereocenters. The fourth-order valence-electron chi connectivity index (χ4n) is 3.07. The standard InChI is InChI=1S/C25H21N3O3/c1-2-19-16-23(29)28-24(26-19)18-7-6-8-20(15-18)27-25(30)17-11-13-22(14-12-17)31-21-9-4-3-5-10-21/h3-16H,2H2,1H3,(H,27,30)(H,26,28,29). The van der Waals surface area contributed by atoms with Crippen molar-refractivity contribution >= 4 is 11.6 Å². The van der Waals surface area contributed by atoms with Crippen LogP contribution in [0.1, 0.15) is 23.0 Å². The number of amides is 1. The van der Waals surface area contributed by atoms with Crippen LogP contribution in [0.15, 0.2) is 89.7 Å². The Labute approximate surface area is 179 Å². The van der Waals surface area contributed by atoms with E-state index >= 15 is 0 Å². The van der Waals surface area contributed by atoms with Gasteiger partial charge in [0.05, 0.1) is 0 Å². The molecule has 31 heavy (non-hydrogen) atoms. The second-order valence-electron chi connectivity index (χ2n) is 6.91. The van der Waals surface area contributed by atoms with Crippen molar-refractivity contribution in [3.05, 3.63) is 107 Å². The van der Waals surface area contributed by atoms with E-state index in [9.17, 15) is 9.59 Å². The molecule has 3 aromatic carbocycles. The molecule has 6 nitrogen and oxygen atoms in total. The van der Waals surface area contributed by atoms with Crippen LogP contribution < -0.4 is 15.6 Å². The van der Waals surface area contributed by atoms with E-state index < -0.39 is 0 Å². The molecule has 0 saturated carbocycles. The summed E-state index contributed by atoms with van der Waals surface area (Å²) < 4.78 is 5.76. The van der Waals surface area contributed by atoms with Crippen LogP contribution in [0.2, 0.25) is 0 Å². The molecule has 0 bridgehead atoms. The van der Waals surface area contributed by atoms with Crippen molar-refractivity contribution < 1.29 is 9.53 Å². The molecule has 4 rings (SSSR count). The minimum atomic E-state index is -0.243. The largest absolute Gasteiger partial charge is 0.457 e. The third-order valence-electron chi connectivity index (χ3n) is 4.65. The molecule has 154 valence electrons. The molecule has 0 fully saturated rings. The Morgan fingerprint density at radius 3 is 2.42 bits per heavy atom. The predicted octanol–water partition coefficient (Wildman–Crippen LogP) is 5.04. The molecule has 0 atom stereocenters. The summed E-state index contributed by atoms with van der Waals surface area (Å²) in [6.45, 7) is 1.94. The van der Waals surface area contributed by atoms with Crippen molar-refractivity contribution in [1.82, 2.24) is 9.97 Å². The molecule has 0 aliphatic heterocycles. The summed E-state index contributed by atoms with van der Waals surface area (Å²) in [5, 5.41) is 2.88. The van der Waals surface area contributed by atoms with Crippen molar-refractivity contribution in [3.8, 4) is 22.9 Å². The van der Waals surface area contributed by atoms with Gasteiger partial charge in [-0.3, -0.25) is 9.59 Å². The van der Waals surface area contributed by atoms with Crippen LogP contribution in [0, 0.1) is 0 Å². The number of para-hydroxylation sites is 1. The summed E-state index contributed by atoms with van der Waals surface area (Å²) in [4.78, 5) is 31.7. The van der Waals surface area contributed by atoms with Crippen LogP contribution >= 0.6 is 0 Å². The third kappa shape index (κ3) is 5.05. The van der Waals surface area contributed by atoms with Gasteiger partial charge in [0.15, 0.2) is 0 Å². The van der Waals surface area contributed by atoms with Crippen LogP contribution in [0.4, 0.5) is 5.69 Å². The lowest BCUT2D eigenvalue weighted by molar-refractivity contribution is 0.102. The number of anilines is 1. The number of aryl methyl sites for hydroxylation is 1. The van der Waals surface area contributed by atoms with E-state index in [1.165, 1.54) is 6.07 Å². The van der Waals surface area contributed by atoms with Gasteiger partial charge in [-0.2, -0.15) is 0 Å². The summed E-state index contributed by atoms with van der Waals surface area (Å²) in [6, 6.07) is 25.1. The number of hydrogen-bond donors (Lipinski definition) is 2. The molecule has 4 aromatic rings. The number of hydrogen-bond acceptors (Lipinski definition) is 4. The van der Waals surface area contributed by atoms with E-state index in [0.29, 0.717) is 34.9 Å².